The van der Waals surface area contributed by atoms with E-state index in [1.54, 1.807) is 56.3 Å². The number of thiazole rings is 1. The molecule has 2 aromatic carbocycles. The highest BCUT2D eigenvalue weighted by molar-refractivity contribution is 7.07. The molecule has 0 aliphatic carbocycles. The first-order valence-corrected chi connectivity index (χ1v) is 12.9. The Morgan fingerprint density at radius 3 is 2.56 bits per heavy atom. The van der Waals surface area contributed by atoms with Crippen LogP contribution in [0.4, 0.5) is 4.39 Å². The molecular formula is C29H23FN2O6S. The number of rotatable bonds is 6. The summed E-state index contributed by atoms with van der Waals surface area (Å²) < 4.78 is 31.6. The third-order valence-electron chi connectivity index (χ3n) is 6.20. The van der Waals surface area contributed by atoms with Crippen LogP contribution in [0.3, 0.4) is 0 Å². The number of fused-ring (bicyclic) bond motifs is 1. The second-order valence-electron chi connectivity index (χ2n) is 8.59. The highest BCUT2D eigenvalue weighted by atomic mass is 32.1. The molecule has 4 aromatic rings. The minimum Gasteiger partial charge on any atom is -0.465 e. The van der Waals surface area contributed by atoms with Crippen molar-refractivity contribution in [2.45, 2.75) is 19.9 Å². The Kier molecular flexibility index (Phi) is 7.12. The number of benzene rings is 2. The summed E-state index contributed by atoms with van der Waals surface area (Å²) in [4.78, 5) is 43.7. The number of carbonyl (C=O) groups excluding carboxylic acids is 2. The molecule has 5 rings (SSSR count). The van der Waals surface area contributed by atoms with E-state index in [-0.39, 0.29) is 12.2 Å². The van der Waals surface area contributed by atoms with Gasteiger partial charge in [0, 0.05) is 11.6 Å². The predicted molar refractivity (Wildman–Crippen MR) is 142 cm³/mol. The number of esters is 2. The van der Waals surface area contributed by atoms with E-state index in [4.69, 9.17) is 13.9 Å². The van der Waals surface area contributed by atoms with Gasteiger partial charge in [0.2, 0.25) is 0 Å². The van der Waals surface area contributed by atoms with Crippen LogP contribution in [0.2, 0.25) is 0 Å². The molecule has 0 saturated carbocycles. The summed E-state index contributed by atoms with van der Waals surface area (Å²) in [7, 11) is 1.31. The van der Waals surface area contributed by atoms with Gasteiger partial charge in [-0.15, -0.1) is 0 Å². The Labute approximate surface area is 226 Å². The molecular weight excluding hydrogens is 523 g/mol. The van der Waals surface area contributed by atoms with Gasteiger partial charge in [-0.2, -0.15) is 0 Å². The Hall–Kier alpha value is -4.57. The number of furan rings is 1. The van der Waals surface area contributed by atoms with Crippen LogP contribution in [-0.2, 0) is 14.3 Å². The molecule has 8 nitrogen and oxygen atoms in total. The lowest BCUT2D eigenvalue weighted by atomic mass is 9.96. The standard InChI is InChI=1S/C29H23FN2O6S/c1-4-37-28(35)24-16(2)31-29-32(25(24)17-9-11-18(30)12-10-17)26(33)23(39-29)15-19-13-14-22(38-19)20-7-5-6-8-21(20)27(34)36-3/h5-15,25H,4H2,1-3H3/b23-15+. The highest BCUT2D eigenvalue weighted by Crippen LogP contribution is 2.31. The van der Waals surface area contributed by atoms with E-state index in [2.05, 4.69) is 4.99 Å². The number of carbonyl (C=O) groups is 2. The smallest absolute Gasteiger partial charge is 0.338 e. The molecule has 10 heteroatoms. The summed E-state index contributed by atoms with van der Waals surface area (Å²) in [6.07, 6.45) is 1.58. The molecule has 1 atom stereocenters. The average molecular weight is 547 g/mol. The molecule has 1 unspecified atom stereocenters. The number of ether oxygens (including phenoxy) is 2. The van der Waals surface area contributed by atoms with Crippen LogP contribution in [0.25, 0.3) is 17.4 Å². The van der Waals surface area contributed by atoms with Crippen molar-refractivity contribution < 1.29 is 27.9 Å². The van der Waals surface area contributed by atoms with Crippen LogP contribution in [0.5, 0.6) is 0 Å². The van der Waals surface area contributed by atoms with Gasteiger partial charge < -0.3 is 13.9 Å². The molecule has 0 radical (unpaired) electrons. The Morgan fingerprint density at radius 1 is 1.10 bits per heavy atom. The molecule has 1 aliphatic rings. The molecule has 39 heavy (non-hydrogen) atoms. The van der Waals surface area contributed by atoms with E-state index in [9.17, 15) is 18.8 Å². The van der Waals surface area contributed by atoms with Crippen molar-refractivity contribution in [2.75, 3.05) is 13.7 Å². The van der Waals surface area contributed by atoms with Crippen molar-refractivity contribution in [3.63, 3.8) is 0 Å². The summed E-state index contributed by atoms with van der Waals surface area (Å²) in [6, 6.07) is 15.1. The summed E-state index contributed by atoms with van der Waals surface area (Å²) in [5.41, 5.74) is 1.67. The average Bonchev–Trinajstić information content (AvgIpc) is 3.52. The topological polar surface area (TPSA) is 100 Å². The van der Waals surface area contributed by atoms with Crippen LogP contribution in [0.1, 0.15) is 41.6 Å². The number of halogens is 1. The largest absolute Gasteiger partial charge is 0.465 e. The summed E-state index contributed by atoms with van der Waals surface area (Å²) >= 11 is 1.14. The van der Waals surface area contributed by atoms with Crippen LogP contribution in [-0.4, -0.2) is 30.2 Å². The first-order chi connectivity index (χ1) is 18.8. The zero-order valence-corrected chi connectivity index (χ0v) is 22.1. The van der Waals surface area contributed by atoms with Gasteiger partial charge in [-0.3, -0.25) is 9.36 Å². The molecule has 0 saturated heterocycles. The predicted octanol–water partition coefficient (Wildman–Crippen LogP) is 3.98. The van der Waals surface area contributed by atoms with Gasteiger partial charge in [-0.05, 0) is 49.7 Å². The van der Waals surface area contributed by atoms with Gasteiger partial charge in [0.1, 0.15) is 17.3 Å². The first-order valence-electron chi connectivity index (χ1n) is 12.0. The van der Waals surface area contributed by atoms with Crippen LogP contribution >= 0.6 is 11.3 Å². The van der Waals surface area contributed by atoms with Crippen LogP contribution in [0.15, 0.2) is 86.1 Å². The third kappa shape index (κ3) is 4.86. The van der Waals surface area contributed by atoms with E-state index in [0.717, 1.165) is 11.3 Å². The molecule has 0 spiro atoms. The van der Waals surface area contributed by atoms with Crippen molar-refractivity contribution in [1.29, 1.82) is 0 Å². The van der Waals surface area contributed by atoms with Gasteiger partial charge in [-0.1, -0.05) is 41.7 Å². The Bertz CT molecular complexity index is 1800. The lowest BCUT2D eigenvalue weighted by molar-refractivity contribution is -0.139. The molecule has 1 aliphatic heterocycles. The first kappa shape index (κ1) is 26.1. The van der Waals surface area contributed by atoms with Gasteiger partial charge in [0.25, 0.3) is 5.56 Å². The van der Waals surface area contributed by atoms with Crippen molar-refractivity contribution in [2.24, 2.45) is 4.99 Å². The van der Waals surface area contributed by atoms with Crippen LogP contribution in [0, 0.1) is 5.82 Å². The van der Waals surface area contributed by atoms with Crippen molar-refractivity contribution in [1.82, 2.24) is 4.57 Å². The normalized spacial score (nSPS) is 15.1. The second-order valence-corrected chi connectivity index (χ2v) is 9.60. The summed E-state index contributed by atoms with van der Waals surface area (Å²) in [5, 5.41) is 0. The zero-order valence-electron chi connectivity index (χ0n) is 21.3. The van der Waals surface area contributed by atoms with Crippen molar-refractivity contribution >= 4 is 29.4 Å². The van der Waals surface area contributed by atoms with Gasteiger partial charge >= 0.3 is 11.9 Å². The molecule has 0 amide bonds. The lowest BCUT2D eigenvalue weighted by Gasteiger charge is -2.24. The fourth-order valence-corrected chi connectivity index (χ4v) is 5.47. The Balaban J connectivity index is 1.62. The molecule has 0 fully saturated rings. The van der Waals surface area contributed by atoms with E-state index in [1.165, 1.54) is 35.9 Å². The minimum absolute atomic E-state index is 0.149. The van der Waals surface area contributed by atoms with Crippen LogP contribution < -0.4 is 14.9 Å². The quantitative estimate of drug-likeness (QED) is 0.339. The molecule has 0 N–H and O–H groups in total. The monoisotopic (exact) mass is 546 g/mol. The van der Waals surface area contributed by atoms with E-state index < -0.39 is 29.4 Å². The molecule has 198 valence electrons. The fourth-order valence-electron chi connectivity index (χ4n) is 4.44. The summed E-state index contributed by atoms with van der Waals surface area (Å²) in [6.45, 7) is 3.52. The summed E-state index contributed by atoms with van der Waals surface area (Å²) in [5.74, 6) is -0.714. The minimum atomic E-state index is -0.845. The maximum Gasteiger partial charge on any atom is 0.338 e. The zero-order chi connectivity index (χ0) is 27.7. The van der Waals surface area contributed by atoms with Crippen molar-refractivity contribution in [3.8, 4) is 11.3 Å². The highest BCUT2D eigenvalue weighted by Gasteiger charge is 2.33. The Morgan fingerprint density at radius 2 is 1.85 bits per heavy atom. The third-order valence-corrected chi connectivity index (χ3v) is 7.18. The maximum absolute atomic E-state index is 13.7. The van der Waals surface area contributed by atoms with Gasteiger partial charge in [0.15, 0.2) is 4.80 Å². The van der Waals surface area contributed by atoms with E-state index in [0.29, 0.717) is 43.2 Å². The number of nitrogens with zero attached hydrogens (tertiary/aromatic N) is 2. The fraction of sp³-hybridized carbons (Fsp3) is 0.172. The second kappa shape index (κ2) is 10.7. The number of hydrogen-bond acceptors (Lipinski definition) is 8. The van der Waals surface area contributed by atoms with E-state index >= 15 is 0 Å². The lowest BCUT2D eigenvalue weighted by Crippen LogP contribution is -2.39. The molecule has 2 aromatic heterocycles. The number of hydrogen-bond donors (Lipinski definition) is 0. The van der Waals surface area contributed by atoms with Gasteiger partial charge in [0.05, 0.1) is 41.1 Å². The SMILES string of the molecule is CCOC(=O)C1=C(C)N=c2s/c(=C/c3ccc(-c4ccccc4C(=O)OC)o3)c(=O)n2C1c1ccc(F)cc1. The maximum atomic E-state index is 13.7. The van der Waals surface area contributed by atoms with Gasteiger partial charge in [-0.25, -0.2) is 19.0 Å². The number of allylic oxidation sites excluding steroid dienone is 1. The van der Waals surface area contributed by atoms with Crippen molar-refractivity contribution in [3.05, 3.63) is 114 Å². The van der Waals surface area contributed by atoms with E-state index in [1.807, 2.05) is 0 Å². The molecule has 3 heterocycles. The molecule has 0 bridgehead atoms. The number of methoxy groups -OCH3 is 1. The number of aromatic nitrogens is 1.